The summed E-state index contributed by atoms with van der Waals surface area (Å²) in [5.74, 6) is 5.59. The highest BCUT2D eigenvalue weighted by Crippen LogP contribution is 1.89. The van der Waals surface area contributed by atoms with Crippen molar-refractivity contribution in [1.29, 1.82) is 0 Å². The summed E-state index contributed by atoms with van der Waals surface area (Å²) in [6, 6.07) is 3.13. The van der Waals surface area contributed by atoms with Gasteiger partial charge in [-0.3, -0.25) is 4.79 Å². The lowest BCUT2D eigenvalue weighted by molar-refractivity contribution is 1.01. The summed E-state index contributed by atoms with van der Waals surface area (Å²) in [7, 11) is 0. The SMILES string of the molecule is [N-]=[N+]=NCCC#Cc1cc[nH]c(=O)c1. The van der Waals surface area contributed by atoms with Crippen molar-refractivity contribution < 1.29 is 0 Å². The lowest BCUT2D eigenvalue weighted by Gasteiger charge is -1.86. The first-order valence-corrected chi connectivity index (χ1v) is 4.01. The second kappa shape index (κ2) is 5.46. The zero-order chi connectivity index (χ0) is 10.2. The Morgan fingerprint density at radius 1 is 1.64 bits per heavy atom. The topological polar surface area (TPSA) is 81.6 Å². The molecule has 0 aliphatic carbocycles. The Balaban J connectivity index is 2.59. The van der Waals surface area contributed by atoms with E-state index in [4.69, 9.17) is 5.53 Å². The fourth-order valence-electron chi connectivity index (χ4n) is 0.838. The normalized spacial score (nSPS) is 8.29. The quantitative estimate of drug-likeness (QED) is 0.246. The number of hydrogen-bond acceptors (Lipinski definition) is 2. The van der Waals surface area contributed by atoms with Crippen molar-refractivity contribution in [3.8, 4) is 11.8 Å². The summed E-state index contributed by atoms with van der Waals surface area (Å²) >= 11 is 0. The smallest absolute Gasteiger partial charge is 0.249 e. The van der Waals surface area contributed by atoms with E-state index in [2.05, 4.69) is 26.9 Å². The number of nitrogens with one attached hydrogen (secondary N) is 1. The first kappa shape index (κ1) is 9.90. The van der Waals surface area contributed by atoms with Crippen molar-refractivity contribution in [2.75, 3.05) is 6.54 Å². The van der Waals surface area contributed by atoms with Crippen molar-refractivity contribution >= 4 is 0 Å². The maximum Gasteiger partial charge on any atom is 0.249 e. The Hall–Kier alpha value is -2.18. The maximum atomic E-state index is 10.8. The Labute approximate surface area is 80.4 Å². The first-order chi connectivity index (χ1) is 6.83. The van der Waals surface area contributed by atoms with Gasteiger partial charge in [0.1, 0.15) is 0 Å². The van der Waals surface area contributed by atoms with Gasteiger partial charge in [-0.1, -0.05) is 17.0 Å². The standard InChI is InChI=1S/C9H8N4O/c10-13-12-5-2-1-3-8-4-6-11-9(14)7-8/h4,6-7H,2,5H2,(H,11,14). The van der Waals surface area contributed by atoms with Gasteiger partial charge in [0.25, 0.3) is 0 Å². The molecule has 0 saturated heterocycles. The van der Waals surface area contributed by atoms with E-state index in [1.165, 1.54) is 6.07 Å². The molecule has 0 aliphatic rings. The average Bonchev–Trinajstić information content (AvgIpc) is 2.18. The van der Waals surface area contributed by atoms with Crippen LogP contribution in [0.4, 0.5) is 0 Å². The molecule has 0 bridgehead atoms. The van der Waals surface area contributed by atoms with E-state index in [9.17, 15) is 4.79 Å². The molecule has 0 aromatic carbocycles. The monoisotopic (exact) mass is 188 g/mol. The first-order valence-electron chi connectivity index (χ1n) is 4.01. The van der Waals surface area contributed by atoms with Crippen LogP contribution in [0, 0.1) is 11.8 Å². The van der Waals surface area contributed by atoms with Gasteiger partial charge in [-0.05, 0) is 11.6 Å². The Bertz CT molecular complexity index is 459. The van der Waals surface area contributed by atoms with Gasteiger partial charge in [0.2, 0.25) is 5.56 Å². The minimum absolute atomic E-state index is 0.174. The molecule has 0 amide bonds. The zero-order valence-corrected chi connectivity index (χ0v) is 7.40. The molecule has 0 atom stereocenters. The predicted molar refractivity (Wildman–Crippen MR) is 52.6 cm³/mol. The van der Waals surface area contributed by atoms with Crippen LogP contribution >= 0.6 is 0 Å². The highest BCUT2D eigenvalue weighted by molar-refractivity contribution is 5.31. The fourth-order valence-corrected chi connectivity index (χ4v) is 0.838. The molecular weight excluding hydrogens is 180 g/mol. The summed E-state index contributed by atoms with van der Waals surface area (Å²) in [4.78, 5) is 15.9. The summed E-state index contributed by atoms with van der Waals surface area (Å²) in [5, 5.41) is 3.33. The van der Waals surface area contributed by atoms with Crippen LogP contribution in [0.5, 0.6) is 0 Å². The Morgan fingerprint density at radius 3 is 3.21 bits per heavy atom. The predicted octanol–water partition coefficient (Wildman–Crippen LogP) is 1.43. The summed E-state index contributed by atoms with van der Waals surface area (Å²) < 4.78 is 0. The van der Waals surface area contributed by atoms with Gasteiger partial charge < -0.3 is 4.98 Å². The Morgan fingerprint density at radius 2 is 2.50 bits per heavy atom. The molecule has 1 aromatic heterocycles. The van der Waals surface area contributed by atoms with E-state index in [0.717, 1.165) is 0 Å². The van der Waals surface area contributed by atoms with E-state index in [1.807, 2.05) is 0 Å². The number of H-pyrrole nitrogens is 1. The van der Waals surface area contributed by atoms with Gasteiger partial charge in [-0.2, -0.15) is 0 Å². The second-order valence-corrected chi connectivity index (χ2v) is 2.45. The fraction of sp³-hybridized carbons (Fsp3) is 0.222. The molecule has 0 fully saturated rings. The average molecular weight is 188 g/mol. The molecule has 1 N–H and O–H groups in total. The molecule has 1 rings (SSSR count). The summed E-state index contributed by atoms with van der Waals surface area (Å²) in [6.07, 6.45) is 2.04. The second-order valence-electron chi connectivity index (χ2n) is 2.45. The molecule has 70 valence electrons. The van der Waals surface area contributed by atoms with E-state index in [0.29, 0.717) is 18.5 Å². The van der Waals surface area contributed by atoms with E-state index in [1.54, 1.807) is 12.3 Å². The van der Waals surface area contributed by atoms with Crippen molar-refractivity contribution in [1.82, 2.24) is 4.98 Å². The molecule has 0 spiro atoms. The van der Waals surface area contributed by atoms with Gasteiger partial charge in [0.05, 0.1) is 0 Å². The molecule has 5 nitrogen and oxygen atoms in total. The number of nitrogens with zero attached hydrogens (tertiary/aromatic N) is 3. The van der Waals surface area contributed by atoms with Crippen LogP contribution in [0.25, 0.3) is 10.4 Å². The number of aromatic amines is 1. The van der Waals surface area contributed by atoms with Crippen LogP contribution in [0.15, 0.2) is 28.2 Å². The molecule has 0 radical (unpaired) electrons. The molecule has 5 heteroatoms. The van der Waals surface area contributed by atoms with Crippen LogP contribution in [0.1, 0.15) is 12.0 Å². The number of aromatic nitrogens is 1. The zero-order valence-electron chi connectivity index (χ0n) is 7.40. The number of rotatable bonds is 2. The summed E-state index contributed by atoms with van der Waals surface area (Å²) in [5.41, 5.74) is 8.47. The molecule has 0 aliphatic heterocycles. The van der Waals surface area contributed by atoms with Gasteiger partial charge in [0.15, 0.2) is 0 Å². The molecule has 0 saturated carbocycles. The maximum absolute atomic E-state index is 10.8. The molecule has 1 aromatic rings. The van der Waals surface area contributed by atoms with E-state index >= 15 is 0 Å². The lowest BCUT2D eigenvalue weighted by Crippen LogP contribution is -2.02. The van der Waals surface area contributed by atoms with Crippen LogP contribution < -0.4 is 5.56 Å². The van der Waals surface area contributed by atoms with Gasteiger partial charge in [-0.15, -0.1) is 0 Å². The lowest BCUT2D eigenvalue weighted by atomic mass is 10.2. The highest BCUT2D eigenvalue weighted by Gasteiger charge is 1.85. The summed E-state index contributed by atoms with van der Waals surface area (Å²) in [6.45, 7) is 0.354. The third-order valence-corrected chi connectivity index (χ3v) is 1.41. The van der Waals surface area contributed by atoms with Crippen LogP contribution in [0.3, 0.4) is 0 Å². The van der Waals surface area contributed by atoms with Crippen molar-refractivity contribution in [2.24, 2.45) is 5.11 Å². The van der Waals surface area contributed by atoms with E-state index in [-0.39, 0.29) is 5.56 Å². The number of pyridine rings is 1. The third-order valence-electron chi connectivity index (χ3n) is 1.41. The van der Waals surface area contributed by atoms with Crippen molar-refractivity contribution in [2.45, 2.75) is 6.42 Å². The van der Waals surface area contributed by atoms with Gasteiger partial charge >= 0.3 is 0 Å². The van der Waals surface area contributed by atoms with Crippen LogP contribution in [0.2, 0.25) is 0 Å². The highest BCUT2D eigenvalue weighted by atomic mass is 16.1. The van der Waals surface area contributed by atoms with Crippen LogP contribution in [-0.4, -0.2) is 11.5 Å². The van der Waals surface area contributed by atoms with Crippen LogP contribution in [-0.2, 0) is 0 Å². The number of hydrogen-bond donors (Lipinski definition) is 1. The molecule has 1 heterocycles. The molecule has 14 heavy (non-hydrogen) atoms. The van der Waals surface area contributed by atoms with Gasteiger partial charge in [-0.25, -0.2) is 0 Å². The van der Waals surface area contributed by atoms with Gasteiger partial charge in [0, 0.05) is 35.7 Å². The van der Waals surface area contributed by atoms with Crippen molar-refractivity contribution in [3.63, 3.8) is 0 Å². The largest absolute Gasteiger partial charge is 0.329 e. The molecular formula is C9H8N4O. The minimum Gasteiger partial charge on any atom is -0.329 e. The third kappa shape index (κ3) is 3.48. The Kier molecular flexibility index (Phi) is 3.86. The van der Waals surface area contributed by atoms with Crippen molar-refractivity contribution in [3.05, 3.63) is 44.7 Å². The van der Waals surface area contributed by atoms with E-state index < -0.39 is 0 Å². The number of azide groups is 1. The molecule has 0 unspecified atom stereocenters. The minimum atomic E-state index is -0.174.